The van der Waals surface area contributed by atoms with E-state index in [0.29, 0.717) is 6.54 Å². The van der Waals surface area contributed by atoms with E-state index in [0.717, 1.165) is 32.2 Å². The first-order valence-corrected chi connectivity index (χ1v) is 11.0. The number of hydrogen-bond acceptors (Lipinski definition) is 4. The summed E-state index contributed by atoms with van der Waals surface area (Å²) in [6.45, 7) is 1.37. The Morgan fingerprint density at radius 2 is 1.56 bits per heavy atom. The summed E-state index contributed by atoms with van der Waals surface area (Å²) in [4.78, 5) is 33.9. The molecule has 0 saturated carbocycles. The average molecular weight is 445 g/mol. The number of aliphatic hydroxyl groups excluding tert-OH is 1. The molecule has 1 atom stereocenters. The molecule has 12 heteroatoms. The van der Waals surface area contributed by atoms with Crippen molar-refractivity contribution in [3.05, 3.63) is 35.9 Å². The van der Waals surface area contributed by atoms with Gasteiger partial charge in [0.05, 0.1) is 0 Å². The van der Waals surface area contributed by atoms with Gasteiger partial charge in [-0.1, -0.05) is 36.8 Å². The number of rotatable bonds is 10. The number of aryl methyl sites for hydroxylation is 1. The molecule has 150 valence electrons. The van der Waals surface area contributed by atoms with Gasteiger partial charge in [-0.25, -0.2) is 0 Å². The summed E-state index contributed by atoms with van der Waals surface area (Å²) in [6.07, 6.45) is 4.50. The zero-order chi connectivity index (χ0) is 19.3. The molecule has 0 aliphatic carbocycles. The molecule has 1 aromatic rings. The van der Waals surface area contributed by atoms with Crippen molar-refractivity contribution in [3.63, 3.8) is 0 Å². The van der Waals surface area contributed by atoms with Gasteiger partial charge >= 0.3 is 75.0 Å². The van der Waals surface area contributed by atoms with Gasteiger partial charge in [0.1, 0.15) is 0 Å². The first kappa shape index (κ1) is 33.1. The Kier molecular flexibility index (Phi) is 23.8. The summed E-state index contributed by atoms with van der Waals surface area (Å²) in [5.74, 6) is -1.54. The molecule has 0 aliphatic rings. The Bertz CT molecular complexity index is 530. The fraction of sp³-hybridized carbons (Fsp3) is 0.600. The Labute approximate surface area is 206 Å². The van der Waals surface area contributed by atoms with Crippen molar-refractivity contribution in [1.29, 1.82) is 0 Å². The number of hydrogen-bond donors (Lipinski definition) is 5. The summed E-state index contributed by atoms with van der Waals surface area (Å²) in [5.41, 5.74) is 1.36. The monoisotopic (exact) mass is 445 g/mol. The van der Waals surface area contributed by atoms with E-state index in [-0.39, 0.29) is 65.5 Å². The van der Waals surface area contributed by atoms with Gasteiger partial charge in [0.2, 0.25) is 0 Å². The number of benzene rings is 1. The van der Waals surface area contributed by atoms with Gasteiger partial charge < -0.3 is 29.6 Å². The van der Waals surface area contributed by atoms with E-state index in [1.165, 1.54) is 5.56 Å². The summed E-state index contributed by atoms with van der Waals surface area (Å²) >= 11 is 0. The first-order chi connectivity index (χ1) is 11.6. The Hall–Kier alpha value is 1.44. The molecular weight excluding hydrogens is 414 g/mol. The summed E-state index contributed by atoms with van der Waals surface area (Å²) in [5, 5.41) is 9.28. The Morgan fingerprint density at radius 3 is 2.04 bits per heavy atom. The third-order valence-electron chi connectivity index (χ3n) is 3.51. The van der Waals surface area contributed by atoms with Gasteiger partial charge in [-0.15, -0.1) is 0 Å². The van der Waals surface area contributed by atoms with E-state index in [9.17, 15) is 9.67 Å². The van der Waals surface area contributed by atoms with Gasteiger partial charge in [0.15, 0.2) is 5.85 Å². The molecule has 0 heterocycles. The van der Waals surface area contributed by atoms with Crippen molar-refractivity contribution in [3.8, 4) is 0 Å². The molecule has 1 unspecified atom stereocenters. The first-order valence-electron chi connectivity index (χ1n) is 8.00. The Balaban J connectivity index is -0.000000871. The van der Waals surface area contributed by atoms with Crippen molar-refractivity contribution in [2.24, 2.45) is 0 Å². The van der Waals surface area contributed by atoms with Crippen LogP contribution < -0.4 is 0 Å². The number of aliphatic hydroxyl groups is 1. The van der Waals surface area contributed by atoms with Crippen LogP contribution >= 0.6 is 15.9 Å². The molecule has 5 N–H and O–H groups in total. The second kappa shape index (κ2) is 19.4. The molecule has 0 radical (unpaired) electrons. The van der Waals surface area contributed by atoms with Gasteiger partial charge in [-0.05, 0) is 44.8 Å². The van der Waals surface area contributed by atoms with Crippen LogP contribution in [0, 0.1) is 0 Å². The van der Waals surface area contributed by atoms with E-state index in [2.05, 4.69) is 24.3 Å². The number of unbranched alkanes of at least 4 members (excludes halogenated alkanes) is 2. The van der Waals surface area contributed by atoms with Crippen LogP contribution in [0.2, 0.25) is 0 Å². The summed E-state index contributed by atoms with van der Waals surface area (Å²) in [6, 6.07) is 10.4. The van der Waals surface area contributed by atoms with Crippen LogP contribution in [0.4, 0.5) is 0 Å². The predicted molar refractivity (Wildman–Crippen MR) is 112 cm³/mol. The van der Waals surface area contributed by atoms with Gasteiger partial charge in [0.25, 0.3) is 0 Å². The van der Waals surface area contributed by atoms with Gasteiger partial charge in [-0.2, -0.15) is 0 Å². The van der Waals surface area contributed by atoms with Crippen LogP contribution in [0.15, 0.2) is 30.3 Å². The van der Waals surface area contributed by atoms with Crippen LogP contribution in [-0.2, 0) is 15.6 Å². The maximum atomic E-state index is 10.8. The second-order valence-corrected chi connectivity index (χ2v) is 8.08. The van der Waals surface area contributed by atoms with Crippen molar-refractivity contribution in [2.45, 2.75) is 37.9 Å². The molecule has 1 rings (SSSR count). The van der Waals surface area contributed by atoms with E-state index in [4.69, 9.17) is 24.1 Å². The normalized spacial score (nSPS) is 11.9. The second-order valence-electron chi connectivity index (χ2n) is 5.74. The van der Waals surface area contributed by atoms with Crippen LogP contribution in [0.1, 0.15) is 31.2 Å². The fourth-order valence-corrected chi connectivity index (χ4v) is 2.60. The molecule has 0 bridgehead atoms. The quantitative estimate of drug-likeness (QED) is 0.197. The fourth-order valence-electron chi connectivity index (χ4n) is 2.15. The minimum absolute atomic E-state index is 0. The van der Waals surface area contributed by atoms with E-state index >= 15 is 0 Å². The van der Waals surface area contributed by atoms with Crippen molar-refractivity contribution in [2.75, 3.05) is 20.1 Å². The third-order valence-corrected chi connectivity index (χ3v) is 4.54. The van der Waals surface area contributed by atoms with Crippen molar-refractivity contribution < 1.29 is 33.8 Å². The molecule has 1 aromatic carbocycles. The predicted octanol–water partition coefficient (Wildman–Crippen LogP) is 0.281. The summed E-state index contributed by atoms with van der Waals surface area (Å²) < 4.78 is 19.5. The van der Waals surface area contributed by atoms with E-state index < -0.39 is 21.7 Å². The average Bonchev–Trinajstić information content (AvgIpc) is 2.51. The van der Waals surface area contributed by atoms with Crippen LogP contribution in [0.25, 0.3) is 0 Å². The number of nitrogens with zero attached hydrogens (tertiary/aromatic N) is 1. The molecule has 27 heavy (non-hydrogen) atoms. The standard InChI is InChI=1S/C15H26NO4P.2Na.H3O3P.2H/c1-16(13-11-15(17)21(18,19)20)12-7-3-6-10-14-8-4-2-5-9-14;;;1-4(2)3;;/h2,4-5,8-9,15,17H,3,6-7,10-13H2,1H3,(H2,18,19,20);;;4H,(H2,1,2,3);;. The van der Waals surface area contributed by atoms with Crippen molar-refractivity contribution in [1.82, 2.24) is 4.90 Å². The molecule has 0 aliphatic heterocycles. The zero-order valence-electron chi connectivity index (χ0n) is 14.4. The van der Waals surface area contributed by atoms with E-state index in [1.807, 2.05) is 18.0 Å². The van der Waals surface area contributed by atoms with Crippen LogP contribution in [0.5, 0.6) is 0 Å². The molecular formula is C15H31NNa2O7P2. The van der Waals surface area contributed by atoms with Gasteiger partial charge in [0, 0.05) is 6.54 Å². The van der Waals surface area contributed by atoms with Crippen molar-refractivity contribution >= 4 is 75.0 Å². The SMILES string of the molecule is CN(CCCCCc1ccccc1)CCC(O)P(=O)(O)O.O=[PH](O)O.[NaH].[NaH]. The third kappa shape index (κ3) is 22.0. The maximum absolute atomic E-state index is 10.8. The minimum atomic E-state index is -4.35. The van der Waals surface area contributed by atoms with E-state index in [1.54, 1.807) is 0 Å². The molecule has 8 nitrogen and oxygen atoms in total. The molecule has 0 amide bonds. The zero-order valence-corrected chi connectivity index (χ0v) is 16.3. The Morgan fingerprint density at radius 1 is 1.04 bits per heavy atom. The molecule has 0 spiro atoms. The topological polar surface area (TPSA) is 139 Å². The summed E-state index contributed by atoms with van der Waals surface area (Å²) in [7, 11) is -5.58. The van der Waals surface area contributed by atoms with Gasteiger partial charge in [-0.3, -0.25) is 9.13 Å². The molecule has 0 aromatic heterocycles. The molecule has 0 fully saturated rings. The van der Waals surface area contributed by atoms with Crippen LogP contribution in [0.3, 0.4) is 0 Å². The van der Waals surface area contributed by atoms with Crippen LogP contribution in [-0.4, -0.2) is 115 Å². The molecule has 0 saturated heterocycles.